The molecule has 1 saturated heterocycles. The van der Waals surface area contributed by atoms with Crippen LogP contribution in [0.4, 0.5) is 0 Å². The maximum absolute atomic E-state index is 12.5. The zero-order valence-electron chi connectivity index (χ0n) is 17.9. The highest BCUT2D eigenvalue weighted by Crippen LogP contribution is 2.50. The van der Waals surface area contributed by atoms with Crippen molar-refractivity contribution in [2.24, 2.45) is 11.8 Å². The quantitative estimate of drug-likeness (QED) is 0.695. The van der Waals surface area contributed by atoms with E-state index in [9.17, 15) is 4.79 Å². The summed E-state index contributed by atoms with van der Waals surface area (Å²) in [7, 11) is 7.98. The van der Waals surface area contributed by atoms with Gasteiger partial charge in [-0.3, -0.25) is 4.79 Å². The van der Waals surface area contributed by atoms with Gasteiger partial charge in [-0.15, -0.1) is 0 Å². The van der Waals surface area contributed by atoms with Crippen molar-refractivity contribution in [3.05, 3.63) is 29.3 Å². The van der Waals surface area contributed by atoms with Gasteiger partial charge in [0.2, 0.25) is 5.75 Å². The molecule has 4 rings (SSSR count). The second kappa shape index (κ2) is 7.97. The number of hydrogen-bond donors (Lipinski definition) is 0. The van der Waals surface area contributed by atoms with Gasteiger partial charge in [-0.05, 0) is 47.7 Å². The monoisotopic (exact) mass is 414 g/mol. The van der Waals surface area contributed by atoms with Crippen LogP contribution < -0.4 is 23.7 Å². The van der Waals surface area contributed by atoms with Gasteiger partial charge < -0.3 is 28.4 Å². The van der Waals surface area contributed by atoms with E-state index in [0.29, 0.717) is 48.2 Å². The van der Waals surface area contributed by atoms with Crippen molar-refractivity contribution in [2.45, 2.75) is 12.8 Å². The average Bonchev–Trinajstić information content (AvgIpc) is 3.10. The molecule has 30 heavy (non-hydrogen) atoms. The number of benzene rings is 2. The van der Waals surface area contributed by atoms with E-state index < -0.39 is 0 Å². The highest BCUT2D eigenvalue weighted by atomic mass is 16.5. The first-order valence-corrected chi connectivity index (χ1v) is 9.79. The van der Waals surface area contributed by atoms with E-state index in [0.717, 1.165) is 22.3 Å². The molecule has 160 valence electrons. The minimum atomic E-state index is -0.253. The molecule has 2 aliphatic rings. The van der Waals surface area contributed by atoms with Crippen molar-refractivity contribution in [2.75, 3.05) is 42.2 Å². The number of methoxy groups -OCH3 is 5. The highest BCUT2D eigenvalue weighted by molar-refractivity contribution is 5.83. The topological polar surface area (TPSA) is 72.5 Å². The van der Waals surface area contributed by atoms with Gasteiger partial charge in [0, 0.05) is 11.5 Å². The standard InChI is InChI=1S/C23H26O7/c1-25-18-7-12-6-13-11-30-23(24)15(13)8-17-16(14(12)9-19(18)26-2)10-20(27-3)22(29-5)21(17)28-4/h7,9-10,13,15H,6,8,11H2,1-5H3/t13-,15+/m1/s1. The van der Waals surface area contributed by atoms with E-state index in [1.807, 2.05) is 18.2 Å². The molecule has 2 atom stereocenters. The molecule has 1 heterocycles. The van der Waals surface area contributed by atoms with Gasteiger partial charge in [0.1, 0.15) is 0 Å². The zero-order valence-corrected chi connectivity index (χ0v) is 17.9. The molecular formula is C23H26O7. The lowest BCUT2D eigenvalue weighted by molar-refractivity contribution is -0.141. The molecule has 0 amide bonds. The van der Waals surface area contributed by atoms with Crippen LogP contribution in [0.3, 0.4) is 0 Å². The number of ether oxygens (including phenoxy) is 6. The molecule has 0 aromatic heterocycles. The first-order valence-electron chi connectivity index (χ1n) is 9.79. The number of fused-ring (bicyclic) bond motifs is 4. The van der Waals surface area contributed by atoms with Crippen molar-refractivity contribution in [1.82, 2.24) is 0 Å². The molecule has 0 bridgehead atoms. The fourth-order valence-corrected chi connectivity index (χ4v) is 4.56. The Kier molecular flexibility index (Phi) is 5.37. The molecule has 0 unspecified atom stereocenters. The lowest BCUT2D eigenvalue weighted by Crippen LogP contribution is -2.23. The summed E-state index contributed by atoms with van der Waals surface area (Å²) in [5.74, 6) is 2.54. The van der Waals surface area contributed by atoms with E-state index in [2.05, 4.69) is 0 Å². The molecule has 2 aromatic rings. The maximum atomic E-state index is 12.5. The van der Waals surface area contributed by atoms with E-state index in [1.165, 1.54) is 0 Å². The predicted molar refractivity (Wildman–Crippen MR) is 110 cm³/mol. The molecule has 0 radical (unpaired) electrons. The van der Waals surface area contributed by atoms with Gasteiger partial charge in [-0.25, -0.2) is 0 Å². The van der Waals surface area contributed by atoms with Crippen LogP contribution >= 0.6 is 0 Å². The van der Waals surface area contributed by atoms with E-state index >= 15 is 0 Å². The Hall–Kier alpha value is -3.09. The Bertz CT molecular complexity index is 982. The molecular weight excluding hydrogens is 388 g/mol. The summed E-state index contributed by atoms with van der Waals surface area (Å²) in [6.45, 7) is 0.405. The van der Waals surface area contributed by atoms with Crippen LogP contribution in [0.25, 0.3) is 11.1 Å². The van der Waals surface area contributed by atoms with Crippen LogP contribution in [-0.4, -0.2) is 48.1 Å². The van der Waals surface area contributed by atoms with Gasteiger partial charge in [0.05, 0.1) is 48.1 Å². The van der Waals surface area contributed by atoms with Crippen LogP contribution in [0.15, 0.2) is 18.2 Å². The van der Waals surface area contributed by atoms with Gasteiger partial charge in [-0.2, -0.15) is 0 Å². The lowest BCUT2D eigenvalue weighted by Gasteiger charge is -2.27. The second-order valence-electron chi connectivity index (χ2n) is 7.44. The van der Waals surface area contributed by atoms with Gasteiger partial charge >= 0.3 is 5.97 Å². The SMILES string of the molecule is COc1cc2c(cc1OC)-c1cc(OC)c(OC)c(OC)c1C[C@@H]1C(=O)OC[C@H]1C2. The Balaban J connectivity index is 2.05. The summed E-state index contributed by atoms with van der Waals surface area (Å²) in [5, 5.41) is 0. The van der Waals surface area contributed by atoms with Crippen LogP contribution in [0.5, 0.6) is 28.7 Å². The number of cyclic esters (lactones) is 1. The smallest absolute Gasteiger partial charge is 0.309 e. The second-order valence-corrected chi connectivity index (χ2v) is 7.44. The number of esters is 1. The molecule has 2 aromatic carbocycles. The normalized spacial score (nSPS) is 19.4. The van der Waals surface area contributed by atoms with E-state index in [-0.39, 0.29) is 17.8 Å². The molecule has 0 saturated carbocycles. The van der Waals surface area contributed by atoms with Crippen molar-refractivity contribution in [3.63, 3.8) is 0 Å². The number of rotatable bonds is 5. The molecule has 0 N–H and O–H groups in total. The summed E-state index contributed by atoms with van der Waals surface area (Å²) < 4.78 is 33.5. The third-order valence-corrected chi connectivity index (χ3v) is 6.05. The van der Waals surface area contributed by atoms with Crippen molar-refractivity contribution in [3.8, 4) is 39.9 Å². The molecule has 7 heteroatoms. The Labute approximate surface area is 175 Å². The third-order valence-electron chi connectivity index (χ3n) is 6.05. The summed E-state index contributed by atoms with van der Waals surface area (Å²) in [6, 6.07) is 5.88. The average molecular weight is 414 g/mol. The Morgan fingerprint density at radius 3 is 2.03 bits per heavy atom. The number of hydrogen-bond acceptors (Lipinski definition) is 7. The van der Waals surface area contributed by atoms with Crippen molar-refractivity contribution >= 4 is 5.97 Å². The minimum absolute atomic E-state index is 0.0697. The van der Waals surface area contributed by atoms with Crippen LogP contribution in [-0.2, 0) is 22.4 Å². The summed E-state index contributed by atoms with van der Waals surface area (Å²) in [4.78, 5) is 12.5. The highest BCUT2D eigenvalue weighted by Gasteiger charge is 2.41. The Morgan fingerprint density at radius 1 is 0.767 bits per heavy atom. The molecule has 0 spiro atoms. The van der Waals surface area contributed by atoms with Gasteiger partial charge in [0.25, 0.3) is 0 Å². The number of carbonyl (C=O) groups excluding carboxylic acids is 1. The largest absolute Gasteiger partial charge is 0.493 e. The van der Waals surface area contributed by atoms with E-state index in [4.69, 9.17) is 28.4 Å². The summed E-state index contributed by atoms with van der Waals surface area (Å²) in [5.41, 5.74) is 3.84. The molecule has 7 nitrogen and oxygen atoms in total. The molecule has 1 fully saturated rings. The lowest BCUT2D eigenvalue weighted by atomic mass is 9.77. The fourth-order valence-electron chi connectivity index (χ4n) is 4.56. The zero-order chi connectivity index (χ0) is 21.4. The first-order chi connectivity index (χ1) is 14.6. The minimum Gasteiger partial charge on any atom is -0.493 e. The van der Waals surface area contributed by atoms with Crippen LogP contribution in [0.1, 0.15) is 11.1 Å². The first kappa shape index (κ1) is 20.2. The van der Waals surface area contributed by atoms with E-state index in [1.54, 1.807) is 35.5 Å². The van der Waals surface area contributed by atoms with Gasteiger partial charge in [0.15, 0.2) is 23.0 Å². The van der Waals surface area contributed by atoms with Gasteiger partial charge in [-0.1, -0.05) is 0 Å². The maximum Gasteiger partial charge on any atom is 0.309 e. The number of carbonyl (C=O) groups is 1. The molecule has 1 aliphatic carbocycles. The van der Waals surface area contributed by atoms with Crippen molar-refractivity contribution < 1.29 is 33.2 Å². The third kappa shape index (κ3) is 3.09. The fraction of sp³-hybridized carbons (Fsp3) is 0.435. The van der Waals surface area contributed by atoms with Crippen LogP contribution in [0, 0.1) is 11.8 Å². The van der Waals surface area contributed by atoms with Crippen LogP contribution in [0.2, 0.25) is 0 Å². The molecule has 1 aliphatic heterocycles. The summed E-state index contributed by atoms with van der Waals surface area (Å²) >= 11 is 0. The predicted octanol–water partition coefficient (Wildman–Crippen LogP) is 3.28. The van der Waals surface area contributed by atoms with Crippen molar-refractivity contribution in [1.29, 1.82) is 0 Å². The summed E-state index contributed by atoms with van der Waals surface area (Å²) in [6.07, 6.45) is 1.19. The Morgan fingerprint density at radius 2 is 1.40 bits per heavy atom.